The van der Waals surface area contributed by atoms with Gasteiger partial charge in [0.1, 0.15) is 11.9 Å². The Hall–Kier alpha value is -2.75. The van der Waals surface area contributed by atoms with Crippen LogP contribution >= 0.6 is 0 Å². The fourth-order valence-corrected chi connectivity index (χ4v) is 5.34. The van der Waals surface area contributed by atoms with Crippen LogP contribution in [-0.4, -0.2) is 65.5 Å². The molecule has 1 aromatic heterocycles. The number of methoxy groups -OCH3 is 1. The van der Waals surface area contributed by atoms with E-state index in [-0.39, 0.29) is 17.4 Å². The summed E-state index contributed by atoms with van der Waals surface area (Å²) in [6, 6.07) is 5.94. The Morgan fingerprint density at radius 2 is 2.11 bits per heavy atom. The number of aliphatic carboxylic acids is 1. The third-order valence-electron chi connectivity index (χ3n) is 7.44. The monoisotopic (exact) mass is 529 g/mol. The van der Waals surface area contributed by atoms with Gasteiger partial charge in [-0.2, -0.15) is 0 Å². The van der Waals surface area contributed by atoms with E-state index in [0.29, 0.717) is 31.7 Å². The number of fused-ring (bicyclic) bond motifs is 1. The van der Waals surface area contributed by atoms with Crippen molar-refractivity contribution in [2.24, 2.45) is 0 Å². The molecule has 0 radical (unpaired) electrons. The topological polar surface area (TPSA) is 104 Å². The number of carboxylic acids is 1. The number of aromatic nitrogens is 1. The quantitative estimate of drug-likeness (QED) is 0.347. The van der Waals surface area contributed by atoms with E-state index in [2.05, 4.69) is 17.4 Å². The van der Waals surface area contributed by atoms with Crippen LogP contribution in [-0.2, 0) is 28.0 Å². The number of aliphatic hydroxyl groups is 1. The summed E-state index contributed by atoms with van der Waals surface area (Å²) >= 11 is 0. The number of pyridine rings is 1. The normalized spacial score (nSPS) is 18.6. The predicted octanol–water partition coefficient (Wildman–Crippen LogP) is 4.44. The number of ether oxygens (including phenoxy) is 2. The standard InChI is InChI=1S/C29H40FN3O5/c1-29(2,36)20-16-23(26(37-3)24(30)17-20)25(28(34)35)33-14-12-22(18-33)38-15-6-4-5-9-21-11-10-19-8-7-13-31-27(19)32-21/h10-11,16-17,22,25,36H,4-9,12-15,18H2,1-3H3,(H,31,32)(H,34,35)/t22-,25-/m1/s1. The number of hydrogen-bond donors (Lipinski definition) is 3. The summed E-state index contributed by atoms with van der Waals surface area (Å²) in [4.78, 5) is 18.9. The summed E-state index contributed by atoms with van der Waals surface area (Å²) in [5.41, 5.74) is 1.59. The minimum atomic E-state index is -1.32. The van der Waals surface area contributed by atoms with E-state index in [1.54, 1.807) is 4.90 Å². The molecule has 1 saturated heterocycles. The van der Waals surface area contributed by atoms with Gasteiger partial charge in [-0.1, -0.05) is 12.5 Å². The van der Waals surface area contributed by atoms with E-state index >= 15 is 0 Å². The number of unbranched alkanes of at least 4 members (excludes halogenated alkanes) is 2. The second-order valence-electron chi connectivity index (χ2n) is 10.8. The van der Waals surface area contributed by atoms with Crippen molar-refractivity contribution in [1.29, 1.82) is 0 Å². The number of nitrogens with zero attached hydrogens (tertiary/aromatic N) is 2. The van der Waals surface area contributed by atoms with E-state index in [4.69, 9.17) is 14.5 Å². The third-order valence-corrected chi connectivity index (χ3v) is 7.44. The smallest absolute Gasteiger partial charge is 0.325 e. The van der Waals surface area contributed by atoms with Crippen LogP contribution in [0.2, 0.25) is 0 Å². The minimum Gasteiger partial charge on any atom is -0.493 e. The highest BCUT2D eigenvalue weighted by Crippen LogP contribution is 2.37. The van der Waals surface area contributed by atoms with E-state index in [0.717, 1.165) is 56.6 Å². The fourth-order valence-electron chi connectivity index (χ4n) is 5.34. The second kappa shape index (κ2) is 12.4. The highest BCUT2D eigenvalue weighted by Gasteiger charge is 2.37. The molecule has 2 aliphatic heterocycles. The molecule has 0 unspecified atom stereocenters. The molecule has 2 atom stereocenters. The molecule has 1 fully saturated rings. The maximum Gasteiger partial charge on any atom is 0.325 e. The van der Waals surface area contributed by atoms with Crippen LogP contribution in [0.3, 0.4) is 0 Å². The van der Waals surface area contributed by atoms with Gasteiger partial charge in [-0.05, 0) is 81.7 Å². The Morgan fingerprint density at radius 1 is 1.29 bits per heavy atom. The third kappa shape index (κ3) is 6.81. The summed E-state index contributed by atoms with van der Waals surface area (Å²) in [6.07, 6.45) is 6.80. The van der Waals surface area contributed by atoms with E-state index in [1.807, 2.05) is 0 Å². The lowest BCUT2D eigenvalue weighted by Gasteiger charge is -2.28. The van der Waals surface area contributed by atoms with Crippen LogP contribution in [0.4, 0.5) is 10.2 Å². The lowest BCUT2D eigenvalue weighted by molar-refractivity contribution is -0.143. The number of anilines is 1. The maximum absolute atomic E-state index is 14.8. The highest BCUT2D eigenvalue weighted by molar-refractivity contribution is 5.77. The van der Waals surface area contributed by atoms with Gasteiger partial charge < -0.3 is 25.0 Å². The van der Waals surface area contributed by atoms with Crippen molar-refractivity contribution in [3.63, 3.8) is 0 Å². The van der Waals surface area contributed by atoms with Crippen molar-refractivity contribution < 1.29 is 28.9 Å². The van der Waals surface area contributed by atoms with Crippen molar-refractivity contribution in [1.82, 2.24) is 9.88 Å². The largest absolute Gasteiger partial charge is 0.493 e. The first kappa shape index (κ1) is 28.3. The number of halogens is 1. The average Bonchev–Trinajstić information content (AvgIpc) is 3.33. The molecular formula is C29H40FN3O5. The summed E-state index contributed by atoms with van der Waals surface area (Å²) < 4.78 is 26.1. The van der Waals surface area contributed by atoms with Gasteiger partial charge in [0.25, 0.3) is 0 Å². The molecule has 0 saturated carbocycles. The van der Waals surface area contributed by atoms with Crippen molar-refractivity contribution in [3.8, 4) is 5.75 Å². The molecule has 3 N–H and O–H groups in total. The first-order chi connectivity index (χ1) is 18.2. The molecule has 2 aromatic rings. The molecule has 208 valence electrons. The first-order valence-corrected chi connectivity index (χ1v) is 13.6. The highest BCUT2D eigenvalue weighted by atomic mass is 19.1. The van der Waals surface area contributed by atoms with Gasteiger partial charge in [-0.25, -0.2) is 9.37 Å². The zero-order valence-corrected chi connectivity index (χ0v) is 22.6. The lowest BCUT2D eigenvalue weighted by Crippen LogP contribution is -2.34. The number of carboxylic acid groups (broad SMARTS) is 1. The number of carbonyl (C=O) groups is 1. The number of aryl methyl sites for hydroxylation is 2. The number of rotatable bonds is 12. The fraction of sp³-hybridized carbons (Fsp3) is 0.586. The summed E-state index contributed by atoms with van der Waals surface area (Å²) in [5.74, 6) is -0.863. The van der Waals surface area contributed by atoms with Crippen molar-refractivity contribution in [2.45, 2.75) is 76.5 Å². The van der Waals surface area contributed by atoms with Gasteiger partial charge >= 0.3 is 5.97 Å². The molecule has 1 aromatic carbocycles. The molecule has 9 heteroatoms. The molecule has 0 amide bonds. The SMILES string of the molecule is COc1c(F)cc(C(C)(C)O)cc1[C@H](C(=O)O)N1CC[C@@H](OCCCCCc2ccc3c(n2)NCCC3)C1. The van der Waals surface area contributed by atoms with Gasteiger partial charge in [-0.3, -0.25) is 9.69 Å². The van der Waals surface area contributed by atoms with Crippen LogP contribution < -0.4 is 10.1 Å². The second-order valence-corrected chi connectivity index (χ2v) is 10.8. The average molecular weight is 530 g/mol. The van der Waals surface area contributed by atoms with E-state index < -0.39 is 23.4 Å². The van der Waals surface area contributed by atoms with Crippen LogP contribution in [0.25, 0.3) is 0 Å². The Balaban J connectivity index is 1.27. The van der Waals surface area contributed by atoms with Crippen molar-refractivity contribution >= 4 is 11.8 Å². The predicted molar refractivity (Wildman–Crippen MR) is 143 cm³/mol. The first-order valence-electron chi connectivity index (χ1n) is 13.6. The lowest BCUT2D eigenvalue weighted by atomic mass is 9.93. The van der Waals surface area contributed by atoms with Gasteiger partial charge in [0, 0.05) is 37.5 Å². The maximum atomic E-state index is 14.8. The molecule has 4 rings (SSSR count). The van der Waals surface area contributed by atoms with E-state index in [1.165, 1.54) is 38.7 Å². The molecule has 2 aliphatic rings. The van der Waals surface area contributed by atoms with E-state index in [9.17, 15) is 19.4 Å². The molecule has 0 bridgehead atoms. The number of likely N-dealkylation sites (tertiary alicyclic amines) is 1. The minimum absolute atomic E-state index is 0.0847. The zero-order valence-electron chi connectivity index (χ0n) is 22.6. The molecule has 0 aliphatic carbocycles. The summed E-state index contributed by atoms with van der Waals surface area (Å²) in [7, 11) is 1.32. The van der Waals surface area contributed by atoms with Gasteiger partial charge in [0.05, 0.1) is 18.8 Å². The Kier molecular flexibility index (Phi) is 9.23. The molecule has 3 heterocycles. The number of hydrogen-bond acceptors (Lipinski definition) is 7. The van der Waals surface area contributed by atoms with Crippen molar-refractivity contribution in [3.05, 3.63) is 52.5 Å². The molecule has 38 heavy (non-hydrogen) atoms. The molecule has 0 spiro atoms. The van der Waals surface area contributed by atoms with Gasteiger partial charge in [0.15, 0.2) is 11.6 Å². The molecule has 8 nitrogen and oxygen atoms in total. The Bertz CT molecular complexity index is 1120. The molecular weight excluding hydrogens is 489 g/mol. The van der Waals surface area contributed by atoms with Crippen LogP contribution in [0, 0.1) is 5.82 Å². The van der Waals surface area contributed by atoms with Crippen LogP contribution in [0.5, 0.6) is 5.75 Å². The number of nitrogens with one attached hydrogen (secondary N) is 1. The zero-order chi connectivity index (χ0) is 27.3. The number of benzene rings is 1. The summed E-state index contributed by atoms with van der Waals surface area (Å²) in [5, 5.41) is 23.9. The summed E-state index contributed by atoms with van der Waals surface area (Å²) in [6.45, 7) is 5.62. The van der Waals surface area contributed by atoms with Crippen LogP contribution in [0.15, 0.2) is 24.3 Å². The van der Waals surface area contributed by atoms with Gasteiger partial charge in [-0.15, -0.1) is 0 Å². The Labute approximate surface area is 224 Å². The van der Waals surface area contributed by atoms with Crippen molar-refractivity contribution in [2.75, 3.05) is 38.7 Å². The van der Waals surface area contributed by atoms with Crippen LogP contribution in [0.1, 0.15) is 74.4 Å². The van der Waals surface area contributed by atoms with Gasteiger partial charge in [0.2, 0.25) is 0 Å². The Morgan fingerprint density at radius 3 is 2.84 bits per heavy atom.